The number of carbonyl (C=O) groups is 1. The van der Waals surface area contributed by atoms with Crippen LogP contribution in [0.5, 0.6) is 0 Å². The maximum atomic E-state index is 13.0. The zero-order chi connectivity index (χ0) is 24.3. The highest BCUT2D eigenvalue weighted by Gasteiger charge is 2.30. The van der Waals surface area contributed by atoms with E-state index in [-0.39, 0.29) is 5.69 Å². The summed E-state index contributed by atoms with van der Waals surface area (Å²) >= 11 is 1.25. The van der Waals surface area contributed by atoms with E-state index >= 15 is 0 Å². The number of amides is 1. The van der Waals surface area contributed by atoms with Gasteiger partial charge in [-0.05, 0) is 50.2 Å². The van der Waals surface area contributed by atoms with Crippen LogP contribution in [0.2, 0.25) is 0 Å². The van der Waals surface area contributed by atoms with E-state index in [0.717, 1.165) is 36.5 Å². The van der Waals surface area contributed by atoms with Crippen LogP contribution in [0.4, 0.5) is 24.0 Å². The number of alkyl halides is 3. The summed E-state index contributed by atoms with van der Waals surface area (Å²) in [6.45, 7) is 5.90. The molecule has 4 rings (SSSR count). The zero-order valence-corrected chi connectivity index (χ0v) is 19.3. The van der Waals surface area contributed by atoms with Crippen LogP contribution in [0.25, 0.3) is 22.6 Å². The molecular weight excluding hydrogens is 463 g/mol. The van der Waals surface area contributed by atoms with Crippen molar-refractivity contribution in [3.05, 3.63) is 71.4 Å². The molecule has 0 bridgehead atoms. The molecule has 2 heterocycles. The smallest absolute Gasteiger partial charge is 0.372 e. The lowest BCUT2D eigenvalue weighted by Crippen LogP contribution is -2.21. The van der Waals surface area contributed by atoms with Crippen molar-refractivity contribution in [3.63, 3.8) is 0 Å². The van der Waals surface area contributed by atoms with E-state index in [2.05, 4.69) is 39.0 Å². The molecule has 0 saturated heterocycles. The van der Waals surface area contributed by atoms with Gasteiger partial charge in [0.25, 0.3) is 5.91 Å². The molecule has 2 N–H and O–H groups in total. The minimum Gasteiger partial charge on any atom is -0.372 e. The minimum atomic E-state index is -4.45. The number of anilines is 2. The number of rotatable bonds is 7. The normalized spacial score (nSPS) is 11.4. The van der Waals surface area contributed by atoms with E-state index in [0.29, 0.717) is 22.2 Å². The summed E-state index contributed by atoms with van der Waals surface area (Å²) < 4.78 is 39.0. The molecule has 0 radical (unpaired) electrons. The number of thiazole rings is 1. The number of aromatic nitrogens is 3. The maximum absolute atomic E-state index is 13.0. The fourth-order valence-electron chi connectivity index (χ4n) is 3.57. The number of carbonyl (C=O) groups excluding carboxylic acids is 1. The van der Waals surface area contributed by atoms with Crippen molar-refractivity contribution in [2.75, 3.05) is 23.3 Å². The molecule has 0 aliphatic heterocycles. The van der Waals surface area contributed by atoms with Crippen molar-refractivity contribution in [2.45, 2.75) is 20.0 Å². The van der Waals surface area contributed by atoms with Gasteiger partial charge in [0, 0.05) is 41.5 Å². The summed E-state index contributed by atoms with van der Waals surface area (Å²) in [7, 11) is 0. The highest BCUT2D eigenvalue weighted by Crippen LogP contribution is 2.33. The molecule has 10 heteroatoms. The van der Waals surface area contributed by atoms with E-state index in [9.17, 15) is 18.0 Å². The molecule has 0 saturated carbocycles. The number of nitrogens with zero attached hydrogens (tertiary/aromatic N) is 3. The number of hydrogen-bond donors (Lipinski definition) is 2. The molecule has 176 valence electrons. The molecule has 2 aromatic carbocycles. The average Bonchev–Trinajstić information content (AvgIpc) is 3.50. The molecular formula is C24H22F3N5OS. The zero-order valence-electron chi connectivity index (χ0n) is 18.5. The van der Waals surface area contributed by atoms with Crippen molar-refractivity contribution in [1.82, 2.24) is 15.0 Å². The van der Waals surface area contributed by atoms with E-state index in [4.69, 9.17) is 0 Å². The standard InChI is InChI=1S/C24H22F3N5OS/c1-3-32(4-2)18-11-7-16(8-12-18)21-29-19(15-5-9-17(10-6-15)24(25,26)27)20(30-21)22(33)31-23-28-13-14-34-23/h5-14H,3-4H2,1-2H3,(H,29,30)(H,28,31,33). The Balaban J connectivity index is 1.73. The van der Waals surface area contributed by atoms with Gasteiger partial charge in [0.05, 0.1) is 11.3 Å². The van der Waals surface area contributed by atoms with Gasteiger partial charge in [-0.25, -0.2) is 9.97 Å². The number of aromatic amines is 1. The molecule has 0 aliphatic carbocycles. The topological polar surface area (TPSA) is 73.9 Å². The molecule has 4 aromatic rings. The van der Waals surface area contributed by atoms with E-state index in [1.54, 1.807) is 11.6 Å². The molecule has 1 amide bonds. The number of H-pyrrole nitrogens is 1. The number of halogens is 3. The second-order valence-electron chi connectivity index (χ2n) is 7.39. The van der Waals surface area contributed by atoms with Crippen LogP contribution in [0.3, 0.4) is 0 Å². The van der Waals surface area contributed by atoms with E-state index < -0.39 is 17.6 Å². The van der Waals surface area contributed by atoms with Gasteiger partial charge in [0.15, 0.2) is 10.8 Å². The van der Waals surface area contributed by atoms with Crippen LogP contribution in [-0.4, -0.2) is 33.9 Å². The largest absolute Gasteiger partial charge is 0.416 e. The number of nitrogens with one attached hydrogen (secondary N) is 2. The van der Waals surface area contributed by atoms with Gasteiger partial charge in [-0.2, -0.15) is 13.2 Å². The lowest BCUT2D eigenvalue weighted by Gasteiger charge is -2.20. The van der Waals surface area contributed by atoms with Gasteiger partial charge in [-0.1, -0.05) is 12.1 Å². The average molecular weight is 486 g/mol. The summed E-state index contributed by atoms with van der Waals surface area (Å²) in [5.41, 5.74) is 1.85. The number of hydrogen-bond acceptors (Lipinski definition) is 5. The Labute approximate surface area is 198 Å². The third kappa shape index (κ3) is 4.96. The van der Waals surface area contributed by atoms with Gasteiger partial charge in [-0.3, -0.25) is 10.1 Å². The first-order valence-corrected chi connectivity index (χ1v) is 11.5. The fourth-order valence-corrected chi connectivity index (χ4v) is 4.09. The van der Waals surface area contributed by atoms with Gasteiger partial charge in [0.1, 0.15) is 5.82 Å². The Hall–Kier alpha value is -3.66. The monoisotopic (exact) mass is 485 g/mol. The molecule has 0 atom stereocenters. The molecule has 0 aliphatic rings. The summed E-state index contributed by atoms with van der Waals surface area (Å²) in [5, 5.41) is 4.81. The van der Waals surface area contributed by atoms with Crippen molar-refractivity contribution in [3.8, 4) is 22.6 Å². The minimum absolute atomic E-state index is 0.0674. The number of imidazole rings is 1. The van der Waals surface area contributed by atoms with Crippen LogP contribution in [0.1, 0.15) is 29.9 Å². The third-order valence-electron chi connectivity index (χ3n) is 5.34. The second-order valence-corrected chi connectivity index (χ2v) is 8.29. The summed E-state index contributed by atoms with van der Waals surface area (Å²) in [5.74, 6) is -0.0719. The lowest BCUT2D eigenvalue weighted by molar-refractivity contribution is -0.137. The molecule has 2 aromatic heterocycles. The highest BCUT2D eigenvalue weighted by molar-refractivity contribution is 7.13. The van der Waals surface area contributed by atoms with E-state index in [1.807, 2.05) is 24.3 Å². The van der Waals surface area contributed by atoms with Crippen LogP contribution < -0.4 is 10.2 Å². The Morgan fingerprint density at radius 1 is 1.03 bits per heavy atom. The van der Waals surface area contributed by atoms with Crippen molar-refractivity contribution in [2.24, 2.45) is 0 Å². The molecule has 0 fully saturated rings. The van der Waals surface area contributed by atoms with Crippen LogP contribution in [0.15, 0.2) is 60.1 Å². The van der Waals surface area contributed by atoms with Gasteiger partial charge >= 0.3 is 6.18 Å². The van der Waals surface area contributed by atoms with Crippen molar-refractivity contribution in [1.29, 1.82) is 0 Å². The van der Waals surface area contributed by atoms with E-state index in [1.165, 1.54) is 23.5 Å². The Bertz CT molecular complexity index is 1250. The maximum Gasteiger partial charge on any atom is 0.416 e. The van der Waals surface area contributed by atoms with Crippen molar-refractivity contribution >= 4 is 28.1 Å². The molecule has 34 heavy (non-hydrogen) atoms. The highest BCUT2D eigenvalue weighted by atomic mass is 32.1. The summed E-state index contributed by atoms with van der Waals surface area (Å²) in [4.78, 5) is 26.9. The van der Waals surface area contributed by atoms with Crippen LogP contribution in [0, 0.1) is 0 Å². The first-order chi connectivity index (χ1) is 16.3. The Kier molecular flexibility index (Phi) is 6.69. The predicted molar refractivity (Wildman–Crippen MR) is 128 cm³/mol. The lowest BCUT2D eigenvalue weighted by atomic mass is 10.1. The molecule has 0 unspecified atom stereocenters. The molecule has 6 nitrogen and oxygen atoms in total. The number of benzene rings is 2. The predicted octanol–water partition coefficient (Wildman–Crippen LogP) is 6.32. The molecule has 0 spiro atoms. The summed E-state index contributed by atoms with van der Waals surface area (Å²) in [6, 6.07) is 12.3. The SMILES string of the molecule is CCN(CC)c1ccc(-c2nc(C(=O)Nc3nccs3)c(-c3ccc(C(F)(F)F)cc3)[nH]2)cc1. The van der Waals surface area contributed by atoms with Gasteiger partial charge in [-0.15, -0.1) is 11.3 Å². The van der Waals surface area contributed by atoms with Crippen molar-refractivity contribution < 1.29 is 18.0 Å². The Morgan fingerprint density at radius 3 is 2.24 bits per heavy atom. The third-order valence-corrected chi connectivity index (χ3v) is 6.03. The first-order valence-electron chi connectivity index (χ1n) is 10.6. The fraction of sp³-hybridized carbons (Fsp3) is 0.208. The quantitative estimate of drug-likeness (QED) is 0.321. The van der Waals surface area contributed by atoms with Crippen LogP contribution in [-0.2, 0) is 6.18 Å². The second kappa shape index (κ2) is 9.68. The first kappa shape index (κ1) is 23.5. The Morgan fingerprint density at radius 2 is 1.68 bits per heavy atom. The van der Waals surface area contributed by atoms with Crippen LogP contribution >= 0.6 is 11.3 Å². The summed E-state index contributed by atoms with van der Waals surface area (Å²) in [6.07, 6.45) is -2.89. The van der Waals surface area contributed by atoms with Gasteiger partial charge in [0.2, 0.25) is 0 Å². The van der Waals surface area contributed by atoms with Gasteiger partial charge < -0.3 is 9.88 Å².